The van der Waals surface area contributed by atoms with E-state index in [4.69, 9.17) is 0 Å². The molecule has 3 aromatic carbocycles. The van der Waals surface area contributed by atoms with Crippen molar-refractivity contribution in [3.63, 3.8) is 0 Å². The Bertz CT molecular complexity index is 797. The molecule has 0 saturated carbocycles. The Labute approximate surface area is 157 Å². The van der Waals surface area contributed by atoms with Gasteiger partial charge in [-0.3, -0.25) is 4.90 Å². The number of hydrogen-bond acceptors (Lipinski definition) is 1. The summed E-state index contributed by atoms with van der Waals surface area (Å²) >= 11 is 0. The molecule has 0 spiro atoms. The molecule has 1 saturated heterocycles. The second kappa shape index (κ2) is 7.88. The highest BCUT2D eigenvalue weighted by atomic mass is 15.1. The van der Waals surface area contributed by atoms with Crippen LogP contribution in [0.3, 0.4) is 0 Å². The molecule has 1 aliphatic rings. The van der Waals surface area contributed by atoms with E-state index in [2.05, 4.69) is 103 Å². The second-order valence-electron chi connectivity index (χ2n) is 7.61. The molecule has 1 fully saturated rings. The summed E-state index contributed by atoms with van der Waals surface area (Å²) in [5, 5.41) is 0. The third-order valence-electron chi connectivity index (χ3n) is 5.71. The van der Waals surface area contributed by atoms with Gasteiger partial charge in [0.25, 0.3) is 0 Å². The van der Waals surface area contributed by atoms with Crippen molar-refractivity contribution in [2.75, 3.05) is 13.1 Å². The number of benzene rings is 3. The molecule has 1 nitrogen and oxygen atoms in total. The highest BCUT2D eigenvalue weighted by molar-refractivity contribution is 5.31. The van der Waals surface area contributed by atoms with Gasteiger partial charge in [-0.2, -0.15) is 0 Å². The van der Waals surface area contributed by atoms with Crippen molar-refractivity contribution in [3.05, 3.63) is 108 Å². The molecule has 26 heavy (non-hydrogen) atoms. The van der Waals surface area contributed by atoms with E-state index in [1.165, 1.54) is 16.7 Å². The van der Waals surface area contributed by atoms with Crippen molar-refractivity contribution >= 4 is 0 Å². The Kier molecular flexibility index (Phi) is 5.17. The lowest BCUT2D eigenvalue weighted by atomic mass is 9.71. The molecule has 0 unspecified atom stereocenters. The molecule has 3 aromatic rings. The molecule has 0 aliphatic carbocycles. The monoisotopic (exact) mass is 341 g/mol. The summed E-state index contributed by atoms with van der Waals surface area (Å²) in [7, 11) is 0. The molecule has 0 N–H and O–H groups in total. The predicted octanol–water partition coefficient (Wildman–Crippen LogP) is 5.71. The maximum absolute atomic E-state index is 2.64. The average molecular weight is 341 g/mol. The van der Waals surface area contributed by atoms with Crippen molar-refractivity contribution in [3.8, 4) is 0 Å². The summed E-state index contributed by atoms with van der Waals surface area (Å²) in [6, 6.07) is 33.1. The first-order valence-electron chi connectivity index (χ1n) is 9.67. The van der Waals surface area contributed by atoms with E-state index in [0.717, 1.165) is 19.6 Å². The van der Waals surface area contributed by atoms with E-state index < -0.39 is 0 Å². The highest BCUT2D eigenvalue weighted by Crippen LogP contribution is 2.43. The Balaban J connectivity index is 1.63. The lowest BCUT2D eigenvalue weighted by molar-refractivity contribution is 0.134. The summed E-state index contributed by atoms with van der Waals surface area (Å²) in [5.41, 5.74) is 4.35. The SMILES string of the molecule is C[C@H]1CN(Cc2ccccc2)C[C@@H](c2ccccc2)[C@@H]1c1ccccc1. The van der Waals surface area contributed by atoms with Gasteiger partial charge in [-0.25, -0.2) is 0 Å². The van der Waals surface area contributed by atoms with Gasteiger partial charge < -0.3 is 0 Å². The molecule has 1 aliphatic heterocycles. The van der Waals surface area contributed by atoms with Crippen LogP contribution < -0.4 is 0 Å². The quantitative estimate of drug-likeness (QED) is 0.588. The molecule has 4 rings (SSSR count). The van der Waals surface area contributed by atoms with E-state index in [0.29, 0.717) is 17.8 Å². The van der Waals surface area contributed by atoms with Crippen molar-refractivity contribution < 1.29 is 0 Å². The molecule has 0 amide bonds. The summed E-state index contributed by atoms with van der Waals surface area (Å²) < 4.78 is 0. The number of rotatable bonds is 4. The molecule has 0 radical (unpaired) electrons. The van der Waals surface area contributed by atoms with Crippen LogP contribution in [0.15, 0.2) is 91.0 Å². The highest BCUT2D eigenvalue weighted by Gasteiger charge is 2.36. The van der Waals surface area contributed by atoms with Gasteiger partial charge in [0.05, 0.1) is 0 Å². The van der Waals surface area contributed by atoms with Crippen molar-refractivity contribution in [1.82, 2.24) is 4.90 Å². The van der Waals surface area contributed by atoms with Crippen molar-refractivity contribution in [2.24, 2.45) is 5.92 Å². The van der Waals surface area contributed by atoms with Gasteiger partial charge in [-0.1, -0.05) is 97.9 Å². The third-order valence-corrected chi connectivity index (χ3v) is 5.71. The lowest BCUT2D eigenvalue weighted by Crippen LogP contribution is -2.42. The van der Waals surface area contributed by atoms with E-state index >= 15 is 0 Å². The zero-order valence-corrected chi connectivity index (χ0v) is 15.5. The molecule has 3 atom stereocenters. The molecular formula is C25H27N. The van der Waals surface area contributed by atoms with Crippen LogP contribution >= 0.6 is 0 Å². The van der Waals surface area contributed by atoms with Gasteiger partial charge in [-0.05, 0) is 28.5 Å². The second-order valence-corrected chi connectivity index (χ2v) is 7.61. The fraction of sp³-hybridized carbons (Fsp3) is 0.280. The van der Waals surface area contributed by atoms with Crippen molar-refractivity contribution in [1.29, 1.82) is 0 Å². The van der Waals surface area contributed by atoms with Crippen LogP contribution in [-0.4, -0.2) is 18.0 Å². The van der Waals surface area contributed by atoms with Crippen LogP contribution in [0.25, 0.3) is 0 Å². The molecule has 1 heteroatoms. The molecule has 0 bridgehead atoms. The minimum Gasteiger partial charge on any atom is -0.298 e. The first-order valence-corrected chi connectivity index (χ1v) is 9.67. The number of nitrogens with zero attached hydrogens (tertiary/aromatic N) is 1. The van der Waals surface area contributed by atoms with Gasteiger partial charge in [0, 0.05) is 25.6 Å². The first kappa shape index (κ1) is 17.1. The largest absolute Gasteiger partial charge is 0.298 e. The zero-order valence-electron chi connectivity index (χ0n) is 15.5. The minimum atomic E-state index is 0.533. The van der Waals surface area contributed by atoms with Crippen LogP contribution in [0, 0.1) is 5.92 Å². The Morgan fingerprint density at radius 2 is 1.23 bits per heavy atom. The number of likely N-dealkylation sites (tertiary alicyclic amines) is 1. The first-order chi connectivity index (χ1) is 12.8. The van der Waals surface area contributed by atoms with E-state index in [1.807, 2.05) is 0 Å². The third kappa shape index (κ3) is 3.73. The van der Waals surface area contributed by atoms with Gasteiger partial charge in [0.15, 0.2) is 0 Å². The summed E-state index contributed by atoms with van der Waals surface area (Å²) in [6.45, 7) is 5.72. The topological polar surface area (TPSA) is 3.24 Å². The lowest BCUT2D eigenvalue weighted by Gasteiger charge is -2.43. The fourth-order valence-electron chi connectivity index (χ4n) is 4.60. The maximum atomic E-state index is 2.64. The minimum absolute atomic E-state index is 0.533. The van der Waals surface area contributed by atoms with E-state index in [9.17, 15) is 0 Å². The van der Waals surface area contributed by atoms with Gasteiger partial charge in [0.1, 0.15) is 0 Å². The van der Waals surface area contributed by atoms with Crippen LogP contribution in [0.4, 0.5) is 0 Å². The van der Waals surface area contributed by atoms with Gasteiger partial charge >= 0.3 is 0 Å². The zero-order chi connectivity index (χ0) is 17.8. The van der Waals surface area contributed by atoms with Crippen LogP contribution in [0.2, 0.25) is 0 Å². The Hall–Kier alpha value is -2.38. The number of piperidine rings is 1. The molecule has 0 aromatic heterocycles. The molecule has 1 heterocycles. The molecular weight excluding hydrogens is 314 g/mol. The standard InChI is InChI=1S/C25H27N/c1-20-17-26(18-21-11-5-2-6-12-21)19-24(22-13-7-3-8-14-22)25(20)23-15-9-4-10-16-23/h2-16,20,24-25H,17-19H2,1H3/t20-,24-,25-/m0/s1. The predicted molar refractivity (Wildman–Crippen MR) is 109 cm³/mol. The summed E-state index contributed by atoms with van der Waals surface area (Å²) in [6.07, 6.45) is 0. The maximum Gasteiger partial charge on any atom is 0.0234 e. The summed E-state index contributed by atoms with van der Waals surface area (Å²) in [5.74, 6) is 1.73. The van der Waals surface area contributed by atoms with Crippen molar-refractivity contribution in [2.45, 2.75) is 25.3 Å². The average Bonchev–Trinajstić information content (AvgIpc) is 2.70. The fourth-order valence-corrected chi connectivity index (χ4v) is 4.60. The molecule has 132 valence electrons. The van der Waals surface area contributed by atoms with E-state index in [-0.39, 0.29) is 0 Å². The van der Waals surface area contributed by atoms with Crippen LogP contribution in [0.1, 0.15) is 35.4 Å². The van der Waals surface area contributed by atoms with Gasteiger partial charge in [-0.15, -0.1) is 0 Å². The van der Waals surface area contributed by atoms with Crippen LogP contribution in [-0.2, 0) is 6.54 Å². The Morgan fingerprint density at radius 3 is 1.85 bits per heavy atom. The van der Waals surface area contributed by atoms with E-state index in [1.54, 1.807) is 0 Å². The van der Waals surface area contributed by atoms with Crippen LogP contribution in [0.5, 0.6) is 0 Å². The Morgan fingerprint density at radius 1 is 0.692 bits per heavy atom. The smallest absolute Gasteiger partial charge is 0.0234 e. The summed E-state index contributed by atoms with van der Waals surface area (Å²) in [4.78, 5) is 2.64. The number of hydrogen-bond donors (Lipinski definition) is 0. The normalized spacial score (nSPS) is 23.7. The van der Waals surface area contributed by atoms with Gasteiger partial charge in [0.2, 0.25) is 0 Å².